The third-order valence-electron chi connectivity index (χ3n) is 4.09. The zero-order chi connectivity index (χ0) is 14.7. The molecule has 0 aromatic carbocycles. The van der Waals surface area contributed by atoms with Crippen molar-refractivity contribution in [3.05, 3.63) is 0 Å². The molecule has 1 aliphatic carbocycles. The van der Waals surface area contributed by atoms with Crippen molar-refractivity contribution in [2.45, 2.75) is 66.7 Å². The Hall–Kier alpha value is -0.860. The molecule has 110 valence electrons. The second-order valence-corrected chi connectivity index (χ2v) is 7.44. The molecule has 1 saturated carbocycles. The molecule has 3 nitrogen and oxygen atoms in total. The molecule has 0 spiro atoms. The van der Waals surface area contributed by atoms with Crippen LogP contribution in [-0.4, -0.2) is 18.2 Å². The summed E-state index contributed by atoms with van der Waals surface area (Å²) in [6.45, 7) is 10.2. The molecule has 0 bridgehead atoms. The van der Waals surface area contributed by atoms with E-state index in [0.717, 1.165) is 32.1 Å². The number of hydrogen-bond donors (Lipinski definition) is 1. The van der Waals surface area contributed by atoms with Gasteiger partial charge in [-0.1, -0.05) is 47.5 Å². The molecule has 0 radical (unpaired) electrons. The van der Waals surface area contributed by atoms with E-state index < -0.39 is 0 Å². The first kappa shape index (κ1) is 16.2. The van der Waals surface area contributed by atoms with Crippen LogP contribution in [-0.2, 0) is 9.59 Å². The van der Waals surface area contributed by atoms with E-state index in [9.17, 15) is 9.59 Å². The van der Waals surface area contributed by atoms with Crippen molar-refractivity contribution in [2.75, 3.05) is 6.54 Å². The normalized spacial score (nSPS) is 18.6. The van der Waals surface area contributed by atoms with Crippen LogP contribution in [0.1, 0.15) is 66.7 Å². The maximum atomic E-state index is 12.5. The number of Topliss-reactive ketones (excluding diaryl/α,β-unsaturated/α-hetero) is 1. The lowest BCUT2D eigenvalue weighted by Crippen LogP contribution is -2.44. The number of amides is 1. The smallest absolute Gasteiger partial charge is 0.226 e. The molecular formula is C16H29NO2. The highest BCUT2D eigenvalue weighted by atomic mass is 16.2. The minimum atomic E-state index is -0.381. The van der Waals surface area contributed by atoms with E-state index in [0.29, 0.717) is 5.92 Å². The molecule has 3 heteroatoms. The van der Waals surface area contributed by atoms with E-state index in [1.165, 1.54) is 0 Å². The molecule has 0 aromatic heterocycles. The van der Waals surface area contributed by atoms with Gasteiger partial charge in [-0.2, -0.15) is 0 Å². The Labute approximate surface area is 117 Å². The number of carbonyl (C=O) groups is 2. The fourth-order valence-electron chi connectivity index (χ4n) is 2.97. The van der Waals surface area contributed by atoms with Gasteiger partial charge < -0.3 is 5.32 Å². The van der Waals surface area contributed by atoms with Crippen molar-refractivity contribution in [3.63, 3.8) is 0 Å². The monoisotopic (exact) mass is 267 g/mol. The van der Waals surface area contributed by atoms with Crippen LogP contribution in [0.15, 0.2) is 0 Å². The van der Waals surface area contributed by atoms with Gasteiger partial charge in [0.05, 0.1) is 6.54 Å². The van der Waals surface area contributed by atoms with E-state index in [1.54, 1.807) is 0 Å². The van der Waals surface area contributed by atoms with Gasteiger partial charge in [0.25, 0.3) is 0 Å². The zero-order valence-electron chi connectivity index (χ0n) is 13.1. The van der Waals surface area contributed by atoms with Crippen molar-refractivity contribution in [2.24, 2.45) is 16.7 Å². The fraction of sp³-hybridized carbons (Fsp3) is 0.875. The maximum absolute atomic E-state index is 12.5. The van der Waals surface area contributed by atoms with E-state index in [2.05, 4.69) is 19.2 Å². The van der Waals surface area contributed by atoms with Gasteiger partial charge in [-0.05, 0) is 25.2 Å². The third-order valence-corrected chi connectivity index (χ3v) is 4.09. The molecule has 0 aliphatic heterocycles. The first-order valence-corrected chi connectivity index (χ1v) is 7.49. The molecule has 1 fully saturated rings. The van der Waals surface area contributed by atoms with Gasteiger partial charge >= 0.3 is 0 Å². The molecule has 0 saturated heterocycles. The summed E-state index contributed by atoms with van der Waals surface area (Å²) in [7, 11) is 0. The maximum Gasteiger partial charge on any atom is 0.226 e. The van der Waals surface area contributed by atoms with Gasteiger partial charge in [0.15, 0.2) is 5.78 Å². The zero-order valence-corrected chi connectivity index (χ0v) is 13.1. The van der Waals surface area contributed by atoms with Gasteiger partial charge in [-0.25, -0.2) is 0 Å². The fourth-order valence-corrected chi connectivity index (χ4v) is 2.97. The molecular weight excluding hydrogens is 238 g/mol. The topological polar surface area (TPSA) is 46.2 Å². The summed E-state index contributed by atoms with van der Waals surface area (Å²) in [4.78, 5) is 24.4. The van der Waals surface area contributed by atoms with Crippen molar-refractivity contribution >= 4 is 11.7 Å². The van der Waals surface area contributed by atoms with Crippen LogP contribution in [0.4, 0.5) is 0 Å². The van der Waals surface area contributed by atoms with Gasteiger partial charge in [0.2, 0.25) is 5.91 Å². The van der Waals surface area contributed by atoms with Gasteiger partial charge in [-0.3, -0.25) is 9.59 Å². The molecule has 19 heavy (non-hydrogen) atoms. The van der Waals surface area contributed by atoms with E-state index in [-0.39, 0.29) is 29.1 Å². The highest BCUT2D eigenvalue weighted by molar-refractivity contribution is 5.91. The lowest BCUT2D eigenvalue weighted by molar-refractivity contribution is -0.135. The Bertz CT molecular complexity index is 333. The summed E-state index contributed by atoms with van der Waals surface area (Å²) in [5.41, 5.74) is -0.597. The molecule has 0 unspecified atom stereocenters. The van der Waals surface area contributed by atoms with Crippen molar-refractivity contribution in [3.8, 4) is 0 Å². The highest BCUT2D eigenvalue weighted by Crippen LogP contribution is 2.43. The second kappa shape index (κ2) is 6.06. The first-order valence-electron chi connectivity index (χ1n) is 7.49. The van der Waals surface area contributed by atoms with Gasteiger partial charge in [0.1, 0.15) is 0 Å². The summed E-state index contributed by atoms with van der Waals surface area (Å²) in [5.74, 6) is 0.706. The Morgan fingerprint density at radius 2 is 1.68 bits per heavy atom. The van der Waals surface area contributed by atoms with E-state index in [1.807, 2.05) is 20.8 Å². The largest absolute Gasteiger partial charge is 0.349 e. The summed E-state index contributed by atoms with van der Waals surface area (Å²) in [5, 5.41) is 2.89. The molecule has 1 aliphatic rings. The predicted octanol–water partition coefficient (Wildman–Crippen LogP) is 3.32. The van der Waals surface area contributed by atoms with Gasteiger partial charge in [-0.15, -0.1) is 0 Å². The van der Waals surface area contributed by atoms with Gasteiger partial charge in [0, 0.05) is 10.8 Å². The van der Waals surface area contributed by atoms with Crippen LogP contribution >= 0.6 is 0 Å². The number of rotatable bonds is 5. The number of ketones is 1. The average Bonchev–Trinajstić information content (AvgIpc) is 2.72. The van der Waals surface area contributed by atoms with Crippen LogP contribution in [0.2, 0.25) is 0 Å². The van der Waals surface area contributed by atoms with Crippen LogP contribution < -0.4 is 5.32 Å². The number of nitrogens with one attached hydrogen (secondary N) is 1. The lowest BCUT2D eigenvalue weighted by atomic mass is 9.77. The summed E-state index contributed by atoms with van der Waals surface area (Å²) in [6.07, 6.45) is 5.14. The Morgan fingerprint density at radius 3 is 2.11 bits per heavy atom. The first-order chi connectivity index (χ1) is 8.67. The van der Waals surface area contributed by atoms with Crippen molar-refractivity contribution in [1.29, 1.82) is 0 Å². The third kappa shape index (κ3) is 4.32. The molecule has 0 aromatic rings. The van der Waals surface area contributed by atoms with Crippen LogP contribution in [0.5, 0.6) is 0 Å². The standard InChI is InChI=1S/C16H29NO2/c1-12(2)10-16(8-6-7-9-16)14(19)17-11-13(18)15(3,4)5/h12H,6-11H2,1-5H3,(H,17,19). The van der Waals surface area contributed by atoms with Crippen LogP contribution in [0.3, 0.4) is 0 Å². The predicted molar refractivity (Wildman–Crippen MR) is 77.8 cm³/mol. The lowest BCUT2D eigenvalue weighted by Gasteiger charge is -2.30. The Morgan fingerprint density at radius 1 is 1.16 bits per heavy atom. The quantitative estimate of drug-likeness (QED) is 0.830. The average molecular weight is 267 g/mol. The Balaban J connectivity index is 2.62. The molecule has 1 rings (SSSR count). The molecule has 0 heterocycles. The highest BCUT2D eigenvalue weighted by Gasteiger charge is 2.41. The number of carbonyl (C=O) groups excluding carboxylic acids is 2. The minimum Gasteiger partial charge on any atom is -0.349 e. The Kier molecular flexibility index (Phi) is 5.17. The molecule has 1 amide bonds. The van der Waals surface area contributed by atoms with Crippen molar-refractivity contribution < 1.29 is 9.59 Å². The summed E-state index contributed by atoms with van der Waals surface area (Å²) < 4.78 is 0. The summed E-state index contributed by atoms with van der Waals surface area (Å²) >= 11 is 0. The van der Waals surface area contributed by atoms with Crippen molar-refractivity contribution in [1.82, 2.24) is 5.32 Å². The minimum absolute atomic E-state index is 0.0938. The molecule has 1 N–H and O–H groups in total. The SMILES string of the molecule is CC(C)CC1(C(=O)NCC(=O)C(C)(C)C)CCCC1. The van der Waals surface area contributed by atoms with Crippen LogP contribution in [0, 0.1) is 16.7 Å². The summed E-state index contributed by atoms with van der Waals surface area (Å²) in [6, 6.07) is 0. The second-order valence-electron chi connectivity index (χ2n) is 7.44. The van der Waals surface area contributed by atoms with E-state index in [4.69, 9.17) is 0 Å². The van der Waals surface area contributed by atoms with Crippen LogP contribution in [0.25, 0.3) is 0 Å². The van der Waals surface area contributed by atoms with E-state index >= 15 is 0 Å². The molecule has 0 atom stereocenters. The number of hydrogen-bond acceptors (Lipinski definition) is 2.